The fourth-order valence-corrected chi connectivity index (χ4v) is 6.26. The Hall–Kier alpha value is -5.02. The number of nitrogens with one attached hydrogen (secondary N) is 1. The lowest BCUT2D eigenvalue weighted by atomic mass is 9.93. The number of nitrogens with two attached hydrogens (primary N) is 1. The van der Waals surface area contributed by atoms with E-state index >= 15 is 0 Å². The van der Waals surface area contributed by atoms with Crippen molar-refractivity contribution >= 4 is 61.3 Å². The number of para-hydroxylation sites is 1. The van der Waals surface area contributed by atoms with Gasteiger partial charge in [-0.3, -0.25) is 23.7 Å². The van der Waals surface area contributed by atoms with Crippen LogP contribution in [0.5, 0.6) is 0 Å². The number of anilines is 2. The molecule has 2 aromatic heterocycles. The maximum absolute atomic E-state index is 13.5. The highest BCUT2D eigenvalue weighted by atomic mass is 16.2. The third-order valence-electron chi connectivity index (χ3n) is 8.27. The average molecular weight is 559 g/mol. The number of fused-ring (bicyclic) bond motifs is 2. The summed E-state index contributed by atoms with van der Waals surface area (Å²) in [7, 11) is 2.00. The fourth-order valence-electron chi connectivity index (χ4n) is 6.26. The van der Waals surface area contributed by atoms with Crippen LogP contribution in [0.25, 0.3) is 38.1 Å². The molecule has 9 nitrogen and oxygen atoms in total. The van der Waals surface area contributed by atoms with Gasteiger partial charge in [-0.05, 0) is 73.8 Å². The minimum atomic E-state index is -0.294. The molecule has 4 aromatic carbocycles. The minimum absolute atomic E-state index is 0.0209. The Morgan fingerprint density at radius 2 is 1.69 bits per heavy atom. The monoisotopic (exact) mass is 558 g/mol. The summed E-state index contributed by atoms with van der Waals surface area (Å²) < 4.78 is 2.01. The second kappa shape index (κ2) is 10.1. The Bertz CT molecular complexity index is 2080. The predicted octanol–water partition coefficient (Wildman–Crippen LogP) is 4.28. The van der Waals surface area contributed by atoms with Gasteiger partial charge in [0.25, 0.3) is 11.8 Å². The van der Waals surface area contributed by atoms with Crippen molar-refractivity contribution in [1.29, 1.82) is 0 Å². The average Bonchev–Trinajstić information content (AvgIpc) is 3.43. The first-order valence-corrected chi connectivity index (χ1v) is 14.2. The van der Waals surface area contributed by atoms with E-state index in [2.05, 4.69) is 15.2 Å². The summed E-state index contributed by atoms with van der Waals surface area (Å²) >= 11 is 0. The van der Waals surface area contributed by atoms with Gasteiger partial charge in [-0.15, -0.1) is 0 Å². The first kappa shape index (κ1) is 25.9. The molecule has 0 radical (unpaired) electrons. The lowest BCUT2D eigenvalue weighted by Gasteiger charge is -2.27. The summed E-state index contributed by atoms with van der Waals surface area (Å²) in [6.45, 7) is 2.51. The van der Waals surface area contributed by atoms with Crippen molar-refractivity contribution in [3.8, 4) is 0 Å². The second-order valence-corrected chi connectivity index (χ2v) is 10.9. The molecule has 0 spiro atoms. The molecule has 1 aliphatic rings. The molecule has 0 aliphatic carbocycles. The summed E-state index contributed by atoms with van der Waals surface area (Å²) in [5, 5.41) is 6.29. The Balaban J connectivity index is 0.970. The number of aromatic nitrogens is 2. The fraction of sp³-hybridized carbons (Fsp3) is 0.212. The van der Waals surface area contributed by atoms with E-state index in [9.17, 15) is 14.4 Å². The highest BCUT2D eigenvalue weighted by molar-refractivity contribution is 6.25. The first-order valence-electron chi connectivity index (χ1n) is 14.2. The van der Waals surface area contributed by atoms with Crippen molar-refractivity contribution in [1.82, 2.24) is 19.6 Å². The molecule has 0 fully saturated rings. The number of carbonyl (C=O) groups excluding carboxylic acids is 2. The van der Waals surface area contributed by atoms with E-state index < -0.39 is 0 Å². The van der Waals surface area contributed by atoms with Gasteiger partial charge >= 0.3 is 0 Å². The lowest BCUT2D eigenvalue weighted by Crippen LogP contribution is -2.41. The zero-order valence-electron chi connectivity index (χ0n) is 23.3. The van der Waals surface area contributed by atoms with Crippen LogP contribution in [0.15, 0.2) is 77.9 Å². The first-order chi connectivity index (χ1) is 20.4. The number of nitrogen functional groups attached to an aromatic ring is 1. The van der Waals surface area contributed by atoms with Gasteiger partial charge in [0.1, 0.15) is 6.33 Å². The number of imide groups is 1. The lowest BCUT2D eigenvalue weighted by molar-refractivity contribution is 0.0609. The molecular weight excluding hydrogens is 528 g/mol. The van der Waals surface area contributed by atoms with Gasteiger partial charge in [0.05, 0.1) is 27.5 Å². The molecule has 210 valence electrons. The molecule has 0 bridgehead atoms. The molecule has 0 saturated carbocycles. The van der Waals surface area contributed by atoms with Gasteiger partial charge in [0.2, 0.25) is 0 Å². The molecule has 42 heavy (non-hydrogen) atoms. The Morgan fingerprint density at radius 3 is 2.57 bits per heavy atom. The van der Waals surface area contributed by atoms with Crippen molar-refractivity contribution in [3.05, 3.63) is 94.4 Å². The number of carbonyl (C=O) groups is 2. The van der Waals surface area contributed by atoms with Crippen LogP contribution < -0.4 is 21.4 Å². The summed E-state index contributed by atoms with van der Waals surface area (Å²) in [6, 6.07) is 20.5. The van der Waals surface area contributed by atoms with Crippen molar-refractivity contribution in [2.45, 2.75) is 12.8 Å². The second-order valence-electron chi connectivity index (χ2n) is 10.9. The number of imidazole rings is 1. The van der Waals surface area contributed by atoms with E-state index in [0.29, 0.717) is 52.5 Å². The molecule has 6 aromatic rings. The van der Waals surface area contributed by atoms with Gasteiger partial charge in [-0.1, -0.05) is 24.3 Å². The highest BCUT2D eigenvalue weighted by Gasteiger charge is 2.32. The van der Waals surface area contributed by atoms with E-state index in [1.165, 1.54) is 4.90 Å². The number of hydrogen-bond donors (Lipinski definition) is 2. The normalized spacial score (nSPS) is 13.3. The molecule has 0 unspecified atom stereocenters. The number of hydrogen-bond acceptors (Lipinski definition) is 7. The van der Waals surface area contributed by atoms with Gasteiger partial charge in [0, 0.05) is 47.8 Å². The Morgan fingerprint density at radius 1 is 0.881 bits per heavy atom. The van der Waals surface area contributed by atoms with Crippen LogP contribution in [0.4, 0.5) is 11.4 Å². The summed E-state index contributed by atoms with van der Waals surface area (Å²) in [5.74, 6) is -0.555. The Kier molecular flexibility index (Phi) is 6.24. The van der Waals surface area contributed by atoms with Gasteiger partial charge in [0.15, 0.2) is 5.43 Å². The van der Waals surface area contributed by atoms with Crippen molar-refractivity contribution in [3.63, 3.8) is 0 Å². The summed E-state index contributed by atoms with van der Waals surface area (Å²) in [4.78, 5) is 47.8. The number of nitrogens with zero attached hydrogens (tertiary/aromatic N) is 4. The largest absolute Gasteiger partial charge is 0.399 e. The van der Waals surface area contributed by atoms with Crippen molar-refractivity contribution in [2.75, 3.05) is 43.9 Å². The number of amides is 2. The van der Waals surface area contributed by atoms with E-state index in [-0.39, 0.29) is 17.2 Å². The van der Waals surface area contributed by atoms with E-state index in [4.69, 9.17) is 5.73 Å². The van der Waals surface area contributed by atoms with Crippen molar-refractivity contribution in [2.24, 2.45) is 0 Å². The number of benzene rings is 4. The van der Waals surface area contributed by atoms with Crippen LogP contribution in [-0.4, -0.2) is 59.3 Å². The summed E-state index contributed by atoms with van der Waals surface area (Å²) in [6.07, 6.45) is 3.28. The molecule has 3 heterocycles. The van der Waals surface area contributed by atoms with Crippen LogP contribution in [0.2, 0.25) is 0 Å². The van der Waals surface area contributed by atoms with Crippen LogP contribution in [0.1, 0.15) is 33.6 Å². The standard InChI is InChI=1S/C33H30N6O3/c1-37(27-12-11-25-30-29(27)31(40)22-8-2-3-10-26(22)39(30)19-36-25)15-5-13-35-14-6-16-38-32(41)23-9-4-7-20-17-21(34)18-24(28(20)23)33(38)42/h2-4,7-12,17-19,35H,5-6,13-16,34H2,1H3. The van der Waals surface area contributed by atoms with Gasteiger partial charge in [-0.25, -0.2) is 4.98 Å². The van der Waals surface area contributed by atoms with Crippen LogP contribution in [0.3, 0.4) is 0 Å². The number of pyridine rings is 1. The van der Waals surface area contributed by atoms with E-state index in [0.717, 1.165) is 47.1 Å². The maximum Gasteiger partial charge on any atom is 0.261 e. The third kappa shape index (κ3) is 4.04. The molecule has 2 amide bonds. The topological polar surface area (TPSA) is 113 Å². The molecule has 1 aliphatic heterocycles. The zero-order valence-corrected chi connectivity index (χ0v) is 23.3. The quantitative estimate of drug-likeness (QED) is 0.118. The van der Waals surface area contributed by atoms with Crippen LogP contribution >= 0.6 is 0 Å². The number of rotatable bonds is 9. The molecular formula is C33H30N6O3. The van der Waals surface area contributed by atoms with Gasteiger partial charge < -0.3 is 16.0 Å². The molecule has 0 atom stereocenters. The van der Waals surface area contributed by atoms with Crippen LogP contribution in [-0.2, 0) is 0 Å². The van der Waals surface area contributed by atoms with Gasteiger partial charge in [-0.2, -0.15) is 0 Å². The van der Waals surface area contributed by atoms with Crippen molar-refractivity contribution < 1.29 is 9.59 Å². The predicted molar refractivity (Wildman–Crippen MR) is 167 cm³/mol. The molecule has 9 heteroatoms. The molecule has 3 N–H and O–H groups in total. The maximum atomic E-state index is 13.5. The molecule has 0 saturated heterocycles. The third-order valence-corrected chi connectivity index (χ3v) is 8.27. The summed E-state index contributed by atoms with van der Waals surface area (Å²) in [5.41, 5.74) is 11.0. The van der Waals surface area contributed by atoms with E-state index in [1.807, 2.05) is 60.0 Å². The Labute approximate surface area is 241 Å². The highest BCUT2D eigenvalue weighted by Crippen LogP contribution is 2.32. The molecule has 7 rings (SSSR count). The van der Waals surface area contributed by atoms with E-state index in [1.54, 1.807) is 24.5 Å². The smallest absolute Gasteiger partial charge is 0.261 e. The zero-order chi connectivity index (χ0) is 29.0. The SMILES string of the molecule is CN(CCCNCCCN1C(=O)c2cccc3cc(N)cc(c23)C1=O)c1ccc2ncn3c4ccccc4c(=O)c1c23. The minimum Gasteiger partial charge on any atom is -0.399 e. The van der Waals surface area contributed by atoms with Crippen LogP contribution in [0, 0.1) is 0 Å².